The highest BCUT2D eigenvalue weighted by atomic mass is 15.3. The molecule has 0 fully saturated rings. The smallest absolute Gasteiger partial charge is 0.0522 e. The molecule has 0 bridgehead atoms. The van der Waals surface area contributed by atoms with Crippen molar-refractivity contribution < 1.29 is 0 Å². The second kappa shape index (κ2) is 8.36. The molecular formula is C16H31N3. The van der Waals surface area contributed by atoms with Crippen molar-refractivity contribution in [2.45, 2.75) is 72.9 Å². The minimum absolute atomic E-state index is 0.394. The lowest BCUT2D eigenvalue weighted by Gasteiger charge is -2.25. The topological polar surface area (TPSA) is 29.9 Å². The van der Waals surface area contributed by atoms with Crippen LogP contribution in [-0.4, -0.2) is 16.3 Å². The zero-order chi connectivity index (χ0) is 14.1. The van der Waals surface area contributed by atoms with E-state index in [-0.39, 0.29) is 0 Å². The maximum absolute atomic E-state index is 4.36. The van der Waals surface area contributed by atoms with Gasteiger partial charge in [0, 0.05) is 25.8 Å². The van der Waals surface area contributed by atoms with Gasteiger partial charge >= 0.3 is 0 Å². The molecule has 1 aromatic heterocycles. The van der Waals surface area contributed by atoms with E-state index in [1.54, 1.807) is 0 Å². The summed E-state index contributed by atoms with van der Waals surface area (Å²) in [6.45, 7) is 12.2. The van der Waals surface area contributed by atoms with E-state index in [2.05, 4.69) is 48.9 Å². The summed E-state index contributed by atoms with van der Waals surface area (Å²) in [5.41, 5.74) is 1.69. The summed E-state index contributed by atoms with van der Waals surface area (Å²) >= 11 is 0. The van der Waals surface area contributed by atoms with Gasteiger partial charge in [0.1, 0.15) is 0 Å². The first-order valence-electron chi connectivity index (χ1n) is 7.80. The normalized spacial score (nSPS) is 12.0. The van der Waals surface area contributed by atoms with Crippen molar-refractivity contribution in [1.82, 2.24) is 15.1 Å². The zero-order valence-electron chi connectivity index (χ0n) is 13.2. The Morgan fingerprint density at radius 3 is 2.68 bits per heavy atom. The van der Waals surface area contributed by atoms with E-state index in [0.29, 0.717) is 5.41 Å². The maximum Gasteiger partial charge on any atom is 0.0522 e. The largest absolute Gasteiger partial charge is 0.311 e. The number of aromatic nitrogens is 2. The van der Waals surface area contributed by atoms with Crippen molar-refractivity contribution in [3.8, 4) is 0 Å². The van der Waals surface area contributed by atoms with Crippen LogP contribution < -0.4 is 5.32 Å². The Hall–Kier alpha value is -0.830. The Morgan fingerprint density at radius 1 is 1.21 bits per heavy atom. The van der Waals surface area contributed by atoms with Crippen LogP contribution in [0.4, 0.5) is 0 Å². The summed E-state index contributed by atoms with van der Waals surface area (Å²) < 4.78 is 2.11. The van der Waals surface area contributed by atoms with Gasteiger partial charge in [-0.1, -0.05) is 47.0 Å². The summed E-state index contributed by atoms with van der Waals surface area (Å²) in [5.74, 6) is 0. The first-order valence-corrected chi connectivity index (χ1v) is 7.80. The molecule has 1 N–H and O–H groups in total. The first-order chi connectivity index (χ1) is 9.09. The van der Waals surface area contributed by atoms with E-state index in [1.807, 2.05) is 6.20 Å². The zero-order valence-corrected chi connectivity index (χ0v) is 13.2. The van der Waals surface area contributed by atoms with Gasteiger partial charge < -0.3 is 5.32 Å². The average Bonchev–Trinajstić information content (AvgIpc) is 2.77. The molecule has 0 aromatic carbocycles. The molecule has 110 valence electrons. The fraction of sp³-hybridized carbons (Fsp3) is 0.812. The van der Waals surface area contributed by atoms with Gasteiger partial charge in [0.25, 0.3) is 0 Å². The number of unbranched alkanes of at least 4 members (excludes halogenated alkanes) is 2. The van der Waals surface area contributed by atoms with Crippen LogP contribution in [0, 0.1) is 5.41 Å². The van der Waals surface area contributed by atoms with Gasteiger partial charge in [0.2, 0.25) is 0 Å². The maximum atomic E-state index is 4.36. The number of nitrogens with zero attached hydrogens (tertiary/aromatic N) is 2. The second-order valence-electron chi connectivity index (χ2n) is 6.27. The molecule has 19 heavy (non-hydrogen) atoms. The predicted octanol–water partition coefficient (Wildman–Crippen LogP) is 3.99. The molecule has 1 rings (SSSR count). The molecule has 0 aliphatic rings. The van der Waals surface area contributed by atoms with Crippen LogP contribution in [0.1, 0.15) is 65.5 Å². The first kappa shape index (κ1) is 16.2. The van der Waals surface area contributed by atoms with Crippen molar-refractivity contribution in [3.05, 3.63) is 18.0 Å². The van der Waals surface area contributed by atoms with Crippen LogP contribution in [0.3, 0.4) is 0 Å². The van der Waals surface area contributed by atoms with Gasteiger partial charge in [-0.05, 0) is 24.3 Å². The average molecular weight is 265 g/mol. The highest BCUT2D eigenvalue weighted by Crippen LogP contribution is 2.22. The number of hydrogen-bond donors (Lipinski definition) is 1. The van der Waals surface area contributed by atoms with E-state index in [1.165, 1.54) is 31.4 Å². The molecule has 0 saturated carbocycles. The molecule has 3 heteroatoms. The van der Waals surface area contributed by atoms with Gasteiger partial charge in [-0.3, -0.25) is 4.68 Å². The third kappa shape index (κ3) is 6.24. The minimum Gasteiger partial charge on any atom is -0.311 e. The SMILES string of the molecule is CCCCCC(C)(C)CNCc1ccnn1CCC. The molecule has 1 aromatic rings. The van der Waals surface area contributed by atoms with Crippen molar-refractivity contribution in [2.24, 2.45) is 5.41 Å². The van der Waals surface area contributed by atoms with Crippen molar-refractivity contribution in [1.29, 1.82) is 0 Å². The van der Waals surface area contributed by atoms with Crippen molar-refractivity contribution >= 4 is 0 Å². The van der Waals surface area contributed by atoms with Crippen LogP contribution in [-0.2, 0) is 13.1 Å². The summed E-state index contributed by atoms with van der Waals surface area (Å²) in [6, 6.07) is 2.12. The number of hydrogen-bond acceptors (Lipinski definition) is 2. The van der Waals surface area contributed by atoms with Crippen LogP contribution in [0.5, 0.6) is 0 Å². The van der Waals surface area contributed by atoms with Gasteiger partial charge in [0.15, 0.2) is 0 Å². The van der Waals surface area contributed by atoms with E-state index in [9.17, 15) is 0 Å². The van der Waals surface area contributed by atoms with Gasteiger partial charge in [-0.15, -0.1) is 0 Å². The van der Waals surface area contributed by atoms with E-state index >= 15 is 0 Å². The van der Waals surface area contributed by atoms with E-state index < -0.39 is 0 Å². The fourth-order valence-corrected chi connectivity index (χ4v) is 2.39. The molecule has 0 radical (unpaired) electrons. The summed E-state index contributed by atoms with van der Waals surface area (Å²) in [6.07, 6.45) is 8.35. The van der Waals surface area contributed by atoms with Crippen molar-refractivity contribution in [3.63, 3.8) is 0 Å². The lowest BCUT2D eigenvalue weighted by atomic mass is 9.87. The molecular weight excluding hydrogens is 234 g/mol. The molecule has 0 aliphatic heterocycles. The fourth-order valence-electron chi connectivity index (χ4n) is 2.39. The second-order valence-corrected chi connectivity index (χ2v) is 6.27. The summed E-state index contributed by atoms with van der Waals surface area (Å²) in [7, 11) is 0. The molecule has 0 spiro atoms. The monoisotopic (exact) mass is 265 g/mol. The molecule has 3 nitrogen and oxygen atoms in total. The third-order valence-corrected chi connectivity index (χ3v) is 3.61. The van der Waals surface area contributed by atoms with Crippen LogP contribution in [0.15, 0.2) is 12.3 Å². The van der Waals surface area contributed by atoms with Gasteiger partial charge in [-0.2, -0.15) is 5.10 Å². The standard InChI is InChI=1S/C16H31N3/c1-5-7-8-10-16(3,4)14-17-13-15-9-11-18-19(15)12-6-2/h9,11,17H,5-8,10,12-14H2,1-4H3. The number of aryl methyl sites for hydroxylation is 1. The predicted molar refractivity (Wildman–Crippen MR) is 82.1 cm³/mol. The molecule has 0 aliphatic carbocycles. The Morgan fingerprint density at radius 2 is 2.00 bits per heavy atom. The minimum atomic E-state index is 0.394. The number of nitrogens with one attached hydrogen (secondary N) is 1. The highest BCUT2D eigenvalue weighted by molar-refractivity contribution is 5.00. The van der Waals surface area contributed by atoms with Crippen molar-refractivity contribution in [2.75, 3.05) is 6.54 Å². The van der Waals surface area contributed by atoms with E-state index in [0.717, 1.165) is 26.1 Å². The van der Waals surface area contributed by atoms with Crippen LogP contribution in [0.2, 0.25) is 0 Å². The molecule has 0 atom stereocenters. The van der Waals surface area contributed by atoms with Gasteiger partial charge in [-0.25, -0.2) is 0 Å². The molecule has 1 heterocycles. The lowest BCUT2D eigenvalue weighted by Crippen LogP contribution is -2.29. The summed E-state index contributed by atoms with van der Waals surface area (Å²) in [4.78, 5) is 0. The van der Waals surface area contributed by atoms with Crippen LogP contribution >= 0.6 is 0 Å². The van der Waals surface area contributed by atoms with Crippen LogP contribution in [0.25, 0.3) is 0 Å². The Kier molecular flexibility index (Phi) is 7.14. The Balaban J connectivity index is 2.30. The molecule has 0 amide bonds. The number of rotatable bonds is 10. The van der Waals surface area contributed by atoms with Gasteiger partial charge in [0.05, 0.1) is 5.69 Å². The third-order valence-electron chi connectivity index (χ3n) is 3.61. The Bertz CT molecular complexity index is 342. The van der Waals surface area contributed by atoms with E-state index in [4.69, 9.17) is 0 Å². The quantitative estimate of drug-likeness (QED) is 0.648. The molecule has 0 unspecified atom stereocenters. The summed E-state index contributed by atoms with van der Waals surface area (Å²) in [5, 5.41) is 7.95. The Labute approximate surface area is 118 Å². The highest BCUT2D eigenvalue weighted by Gasteiger charge is 2.16. The molecule has 0 saturated heterocycles. The lowest BCUT2D eigenvalue weighted by molar-refractivity contribution is 0.300.